The van der Waals surface area contributed by atoms with Crippen LogP contribution < -0.4 is 20.1 Å². The van der Waals surface area contributed by atoms with Gasteiger partial charge in [0.2, 0.25) is 5.91 Å². The van der Waals surface area contributed by atoms with E-state index in [4.69, 9.17) is 9.47 Å². The van der Waals surface area contributed by atoms with Gasteiger partial charge in [-0.2, -0.15) is 11.8 Å². The summed E-state index contributed by atoms with van der Waals surface area (Å²) in [6.45, 7) is 2.60. The summed E-state index contributed by atoms with van der Waals surface area (Å²) >= 11 is 3.01. The van der Waals surface area contributed by atoms with E-state index in [9.17, 15) is 9.59 Å². The molecule has 0 fully saturated rings. The van der Waals surface area contributed by atoms with Crippen molar-refractivity contribution in [2.75, 3.05) is 37.3 Å². The Balaban J connectivity index is 1.68. The number of rotatable bonds is 13. The van der Waals surface area contributed by atoms with Crippen molar-refractivity contribution in [2.24, 2.45) is 0 Å². The van der Waals surface area contributed by atoms with Gasteiger partial charge >= 0.3 is 0 Å². The second-order valence-electron chi connectivity index (χ2n) is 7.69. The van der Waals surface area contributed by atoms with Gasteiger partial charge in [0.15, 0.2) is 11.0 Å². The van der Waals surface area contributed by atoms with Crippen molar-refractivity contribution in [3.05, 3.63) is 59.9 Å². The maximum atomic E-state index is 12.9. The Labute approximate surface area is 219 Å². The Hall–Kier alpha value is -3.18. The molecule has 1 heterocycles. The van der Waals surface area contributed by atoms with Gasteiger partial charge in [-0.1, -0.05) is 11.8 Å². The quantitative estimate of drug-likeness (QED) is 0.316. The molecule has 0 unspecified atom stereocenters. The molecule has 2 N–H and O–H groups in total. The molecule has 0 saturated carbocycles. The van der Waals surface area contributed by atoms with Crippen molar-refractivity contribution in [3.8, 4) is 11.5 Å². The van der Waals surface area contributed by atoms with Crippen molar-refractivity contribution >= 4 is 41.0 Å². The monoisotopic (exact) mass is 529 g/mol. The molecular formula is C25H31N5O4S2. The normalized spacial score (nSPS) is 11.6. The molecule has 0 aliphatic heterocycles. The summed E-state index contributed by atoms with van der Waals surface area (Å²) < 4.78 is 12.3. The number of benzene rings is 2. The van der Waals surface area contributed by atoms with Crippen LogP contribution in [0.2, 0.25) is 0 Å². The maximum absolute atomic E-state index is 12.9. The molecule has 1 atom stereocenters. The lowest BCUT2D eigenvalue weighted by Gasteiger charge is -2.19. The first-order chi connectivity index (χ1) is 17.5. The predicted octanol–water partition coefficient (Wildman–Crippen LogP) is 4.27. The molecule has 0 aliphatic carbocycles. The van der Waals surface area contributed by atoms with Crippen LogP contribution in [0.5, 0.6) is 11.5 Å². The van der Waals surface area contributed by atoms with Crippen LogP contribution in [0.25, 0.3) is 0 Å². The van der Waals surface area contributed by atoms with E-state index in [2.05, 4.69) is 20.8 Å². The van der Waals surface area contributed by atoms with Gasteiger partial charge in [0.1, 0.15) is 11.5 Å². The van der Waals surface area contributed by atoms with Gasteiger partial charge in [-0.15, -0.1) is 10.2 Å². The minimum Gasteiger partial charge on any atom is -0.497 e. The van der Waals surface area contributed by atoms with E-state index in [1.165, 1.54) is 11.8 Å². The number of thioether (sulfide) groups is 2. The van der Waals surface area contributed by atoms with Crippen LogP contribution in [0.4, 0.5) is 5.69 Å². The fraction of sp³-hybridized carbons (Fsp3) is 0.360. The van der Waals surface area contributed by atoms with Gasteiger partial charge in [0, 0.05) is 17.8 Å². The Kier molecular flexibility index (Phi) is 10.5. The maximum Gasteiger partial charge on any atom is 0.251 e. The van der Waals surface area contributed by atoms with Crippen LogP contribution in [0.15, 0.2) is 53.7 Å². The number of nitrogens with one attached hydrogen (secondary N) is 2. The molecule has 2 aromatic carbocycles. The predicted molar refractivity (Wildman–Crippen MR) is 144 cm³/mol. The molecule has 0 aliphatic rings. The van der Waals surface area contributed by atoms with Crippen LogP contribution in [-0.4, -0.2) is 58.6 Å². The highest BCUT2D eigenvalue weighted by Gasteiger charge is 2.23. The Morgan fingerprint density at radius 1 is 1.00 bits per heavy atom. The van der Waals surface area contributed by atoms with Crippen LogP contribution in [0.3, 0.4) is 0 Å². The van der Waals surface area contributed by atoms with Crippen molar-refractivity contribution in [3.63, 3.8) is 0 Å². The van der Waals surface area contributed by atoms with E-state index >= 15 is 0 Å². The van der Waals surface area contributed by atoms with Gasteiger partial charge in [-0.25, -0.2) is 0 Å². The molecule has 2 amide bonds. The summed E-state index contributed by atoms with van der Waals surface area (Å²) in [4.78, 5) is 25.4. The number of methoxy groups -OCH3 is 2. The van der Waals surface area contributed by atoms with E-state index in [1.54, 1.807) is 74.5 Å². The molecule has 36 heavy (non-hydrogen) atoms. The molecule has 1 aromatic heterocycles. The molecule has 3 aromatic rings. The number of nitrogens with zero attached hydrogens (tertiary/aromatic N) is 3. The van der Waals surface area contributed by atoms with Crippen molar-refractivity contribution in [1.29, 1.82) is 0 Å². The van der Waals surface area contributed by atoms with Gasteiger partial charge in [0.25, 0.3) is 5.91 Å². The second kappa shape index (κ2) is 13.8. The number of anilines is 1. The number of ether oxygens (including phenoxy) is 2. The average Bonchev–Trinajstić information content (AvgIpc) is 3.33. The lowest BCUT2D eigenvalue weighted by atomic mass is 10.1. The standard InChI is InChI=1S/C25H31N5O4S2/c1-5-30-23(21(14-15-35-4)27-24(32)17-6-10-19(33-2)11-7-17)28-29-25(30)36-16-22(31)26-18-8-12-20(34-3)13-9-18/h6-13,21H,5,14-16H2,1-4H3,(H,26,31)(H,27,32)/t21-/m1/s1. The average molecular weight is 530 g/mol. The molecule has 192 valence electrons. The SMILES string of the molecule is CCn1c(SCC(=O)Nc2ccc(OC)cc2)nnc1[C@@H](CCSC)NC(=O)c1ccc(OC)cc1. The van der Waals surface area contributed by atoms with E-state index in [-0.39, 0.29) is 23.6 Å². The minimum atomic E-state index is -0.318. The third-order valence-electron chi connectivity index (χ3n) is 5.35. The highest BCUT2D eigenvalue weighted by Crippen LogP contribution is 2.24. The van der Waals surface area contributed by atoms with Crippen molar-refractivity contribution in [2.45, 2.75) is 31.1 Å². The fourth-order valence-corrected chi connectivity index (χ4v) is 4.73. The number of amides is 2. The molecular weight excluding hydrogens is 498 g/mol. The first-order valence-corrected chi connectivity index (χ1v) is 13.8. The first-order valence-electron chi connectivity index (χ1n) is 11.4. The second-order valence-corrected chi connectivity index (χ2v) is 9.61. The van der Waals surface area contributed by atoms with Crippen LogP contribution in [-0.2, 0) is 11.3 Å². The van der Waals surface area contributed by atoms with E-state index in [1.807, 2.05) is 17.7 Å². The summed E-state index contributed by atoms with van der Waals surface area (Å²) in [6, 6.07) is 13.8. The van der Waals surface area contributed by atoms with E-state index in [0.717, 1.165) is 11.5 Å². The molecule has 0 spiro atoms. The van der Waals surface area contributed by atoms with Crippen molar-refractivity contribution < 1.29 is 19.1 Å². The number of hydrogen-bond donors (Lipinski definition) is 2. The number of carbonyl (C=O) groups is 2. The van der Waals surface area contributed by atoms with Gasteiger partial charge in [-0.05, 0) is 73.9 Å². The highest BCUT2D eigenvalue weighted by atomic mass is 32.2. The molecule has 9 nitrogen and oxygen atoms in total. The minimum absolute atomic E-state index is 0.149. The summed E-state index contributed by atoms with van der Waals surface area (Å²) in [5.74, 6) is 2.77. The Morgan fingerprint density at radius 3 is 2.22 bits per heavy atom. The van der Waals surface area contributed by atoms with E-state index < -0.39 is 0 Å². The third kappa shape index (κ3) is 7.41. The van der Waals surface area contributed by atoms with Crippen molar-refractivity contribution in [1.82, 2.24) is 20.1 Å². The molecule has 3 rings (SSSR count). The highest BCUT2D eigenvalue weighted by molar-refractivity contribution is 7.99. The topological polar surface area (TPSA) is 107 Å². The smallest absolute Gasteiger partial charge is 0.251 e. The Morgan fingerprint density at radius 2 is 1.64 bits per heavy atom. The summed E-state index contributed by atoms with van der Waals surface area (Å²) in [7, 11) is 3.18. The fourth-order valence-electron chi connectivity index (χ4n) is 3.45. The molecule has 0 saturated heterocycles. The van der Waals surface area contributed by atoms with Crippen LogP contribution in [0, 0.1) is 0 Å². The summed E-state index contributed by atoms with van der Waals surface area (Å²) in [6.07, 6.45) is 2.72. The zero-order chi connectivity index (χ0) is 25.9. The summed E-state index contributed by atoms with van der Waals surface area (Å²) in [5.41, 5.74) is 1.23. The number of aromatic nitrogens is 3. The zero-order valence-electron chi connectivity index (χ0n) is 20.8. The molecule has 0 bridgehead atoms. The van der Waals surface area contributed by atoms with Gasteiger partial charge in [-0.3, -0.25) is 9.59 Å². The first kappa shape index (κ1) is 27.4. The zero-order valence-corrected chi connectivity index (χ0v) is 22.4. The lowest BCUT2D eigenvalue weighted by molar-refractivity contribution is -0.113. The van der Waals surface area contributed by atoms with Gasteiger partial charge < -0.3 is 24.7 Å². The third-order valence-corrected chi connectivity index (χ3v) is 6.96. The van der Waals surface area contributed by atoms with Gasteiger partial charge in [0.05, 0.1) is 26.0 Å². The largest absolute Gasteiger partial charge is 0.497 e. The lowest BCUT2D eigenvalue weighted by Crippen LogP contribution is -2.31. The number of hydrogen-bond acceptors (Lipinski definition) is 8. The van der Waals surface area contributed by atoms with Crippen LogP contribution in [0.1, 0.15) is 35.6 Å². The molecule has 11 heteroatoms. The molecule has 0 radical (unpaired) electrons. The summed E-state index contributed by atoms with van der Waals surface area (Å²) in [5, 5.41) is 15.3. The van der Waals surface area contributed by atoms with Crippen LogP contribution >= 0.6 is 23.5 Å². The number of carbonyl (C=O) groups excluding carboxylic acids is 2. The van der Waals surface area contributed by atoms with E-state index in [0.29, 0.717) is 40.9 Å². The Bertz CT molecular complexity index is 1140.